The molecule has 180 valence electrons. The molecule has 0 heterocycles. The summed E-state index contributed by atoms with van der Waals surface area (Å²) < 4.78 is 44.1. The van der Waals surface area contributed by atoms with Crippen molar-refractivity contribution in [3.63, 3.8) is 0 Å². The van der Waals surface area contributed by atoms with Gasteiger partial charge in [0.1, 0.15) is 12.3 Å². The van der Waals surface area contributed by atoms with E-state index in [4.69, 9.17) is 14.2 Å². The second kappa shape index (κ2) is 10.5. The maximum atomic E-state index is 13.7. The van der Waals surface area contributed by atoms with Gasteiger partial charge in [0.05, 0.1) is 31.9 Å². The van der Waals surface area contributed by atoms with Crippen molar-refractivity contribution in [3.05, 3.63) is 71.8 Å². The Morgan fingerprint density at radius 1 is 0.853 bits per heavy atom. The van der Waals surface area contributed by atoms with Crippen molar-refractivity contribution in [1.82, 2.24) is 0 Å². The summed E-state index contributed by atoms with van der Waals surface area (Å²) in [5.74, 6) is 0.743. The summed E-state index contributed by atoms with van der Waals surface area (Å²) in [5.41, 5.74) is 2.73. The molecule has 1 amide bonds. The van der Waals surface area contributed by atoms with Crippen LogP contribution in [-0.4, -0.2) is 42.2 Å². The average molecular weight is 485 g/mol. The molecule has 0 fully saturated rings. The lowest BCUT2D eigenvalue weighted by Gasteiger charge is -2.25. The zero-order valence-electron chi connectivity index (χ0n) is 19.8. The molecule has 0 aromatic heterocycles. The molecule has 3 rings (SSSR count). The van der Waals surface area contributed by atoms with E-state index in [-0.39, 0.29) is 10.6 Å². The van der Waals surface area contributed by atoms with Crippen LogP contribution >= 0.6 is 0 Å². The number of ether oxygens (including phenoxy) is 3. The Bertz CT molecular complexity index is 1250. The lowest BCUT2D eigenvalue weighted by molar-refractivity contribution is -0.114. The van der Waals surface area contributed by atoms with E-state index < -0.39 is 22.5 Å². The number of hydrogen-bond donors (Lipinski definition) is 1. The zero-order chi connectivity index (χ0) is 24.9. The number of aryl methyl sites for hydroxylation is 2. The van der Waals surface area contributed by atoms with E-state index in [1.165, 1.54) is 39.5 Å². The van der Waals surface area contributed by atoms with Crippen LogP contribution in [0.4, 0.5) is 11.4 Å². The van der Waals surface area contributed by atoms with Crippen molar-refractivity contribution in [1.29, 1.82) is 0 Å². The first-order valence-corrected chi connectivity index (χ1v) is 11.9. The average Bonchev–Trinajstić information content (AvgIpc) is 2.84. The minimum atomic E-state index is -4.14. The number of nitrogens with one attached hydrogen (secondary N) is 1. The molecule has 0 aliphatic rings. The summed E-state index contributed by atoms with van der Waals surface area (Å²) >= 11 is 0. The van der Waals surface area contributed by atoms with E-state index in [1.54, 1.807) is 24.3 Å². The summed E-state index contributed by atoms with van der Waals surface area (Å²) in [7, 11) is 0.266. The summed E-state index contributed by atoms with van der Waals surface area (Å²) in [6, 6.07) is 16.4. The Hall–Kier alpha value is -3.72. The third-order valence-corrected chi connectivity index (χ3v) is 7.11. The Kier molecular flexibility index (Phi) is 7.68. The quantitative estimate of drug-likeness (QED) is 0.490. The van der Waals surface area contributed by atoms with Crippen LogP contribution in [-0.2, 0) is 14.8 Å². The first kappa shape index (κ1) is 24.9. The fraction of sp³-hybridized carbons (Fsp3) is 0.240. The number of benzene rings is 3. The van der Waals surface area contributed by atoms with Gasteiger partial charge in [0.15, 0.2) is 11.5 Å². The van der Waals surface area contributed by atoms with E-state index in [0.29, 0.717) is 22.9 Å². The largest absolute Gasteiger partial charge is 0.497 e. The second-order valence-electron chi connectivity index (χ2n) is 7.54. The number of amides is 1. The molecule has 0 aliphatic carbocycles. The highest BCUT2D eigenvalue weighted by molar-refractivity contribution is 7.92. The van der Waals surface area contributed by atoms with Gasteiger partial charge in [-0.2, -0.15) is 0 Å². The lowest BCUT2D eigenvalue weighted by Crippen LogP contribution is -2.38. The van der Waals surface area contributed by atoms with E-state index in [9.17, 15) is 13.2 Å². The number of nitrogens with zero attached hydrogens (tertiary/aromatic N) is 1. The SMILES string of the molecule is COc1ccc(N(CC(=O)Nc2c(C)cccc2C)S(=O)(=O)c2ccc(OC)c(OC)c2)cc1. The molecule has 3 aromatic carbocycles. The highest BCUT2D eigenvalue weighted by Crippen LogP contribution is 2.32. The van der Waals surface area contributed by atoms with Crippen LogP contribution in [0.25, 0.3) is 0 Å². The number of sulfonamides is 1. The number of rotatable bonds is 9. The van der Waals surface area contributed by atoms with Crippen LogP contribution < -0.4 is 23.8 Å². The Balaban J connectivity index is 2.02. The molecule has 1 N–H and O–H groups in total. The van der Waals surface area contributed by atoms with E-state index >= 15 is 0 Å². The molecule has 9 heteroatoms. The van der Waals surface area contributed by atoms with Crippen LogP contribution in [0, 0.1) is 13.8 Å². The van der Waals surface area contributed by atoms with E-state index in [1.807, 2.05) is 32.0 Å². The standard InChI is InChI=1S/C25H28N2O6S/c1-17-7-6-8-18(2)25(17)26-24(28)16-27(19-9-11-20(31-3)12-10-19)34(29,30)21-13-14-22(32-4)23(15-21)33-5/h6-15H,16H2,1-5H3,(H,26,28). The van der Waals surface area contributed by atoms with E-state index in [2.05, 4.69) is 5.32 Å². The van der Waals surface area contributed by atoms with Crippen LogP contribution in [0.15, 0.2) is 65.6 Å². The first-order chi connectivity index (χ1) is 16.2. The Morgan fingerprint density at radius 3 is 2.03 bits per heavy atom. The smallest absolute Gasteiger partial charge is 0.264 e. The Morgan fingerprint density at radius 2 is 1.47 bits per heavy atom. The van der Waals surface area contributed by atoms with Crippen molar-refractivity contribution < 1.29 is 27.4 Å². The van der Waals surface area contributed by atoms with Crippen LogP contribution in [0.2, 0.25) is 0 Å². The topological polar surface area (TPSA) is 94.2 Å². The Labute approximate surface area is 200 Å². The number of para-hydroxylation sites is 1. The van der Waals surface area contributed by atoms with Crippen molar-refractivity contribution in [2.45, 2.75) is 18.7 Å². The molecule has 0 radical (unpaired) electrons. The van der Waals surface area contributed by atoms with Gasteiger partial charge in [0, 0.05) is 11.8 Å². The maximum Gasteiger partial charge on any atom is 0.264 e. The number of methoxy groups -OCH3 is 3. The molecule has 0 atom stereocenters. The molecule has 34 heavy (non-hydrogen) atoms. The van der Waals surface area contributed by atoms with Gasteiger partial charge >= 0.3 is 0 Å². The van der Waals surface area contributed by atoms with Gasteiger partial charge in [-0.25, -0.2) is 8.42 Å². The zero-order valence-corrected chi connectivity index (χ0v) is 20.6. The van der Waals surface area contributed by atoms with Crippen LogP contribution in [0.5, 0.6) is 17.2 Å². The predicted molar refractivity (Wildman–Crippen MR) is 132 cm³/mol. The highest BCUT2D eigenvalue weighted by atomic mass is 32.2. The second-order valence-corrected chi connectivity index (χ2v) is 9.40. The molecule has 0 spiro atoms. The molecule has 0 saturated heterocycles. The van der Waals surface area contributed by atoms with Crippen molar-refractivity contribution >= 4 is 27.3 Å². The maximum absolute atomic E-state index is 13.7. The predicted octanol–water partition coefficient (Wildman–Crippen LogP) is 4.16. The van der Waals surface area contributed by atoms with Gasteiger partial charge in [-0.05, 0) is 61.4 Å². The van der Waals surface area contributed by atoms with Gasteiger partial charge in [-0.3, -0.25) is 9.10 Å². The molecule has 0 bridgehead atoms. The molecular weight excluding hydrogens is 456 g/mol. The molecular formula is C25H28N2O6S. The molecule has 8 nitrogen and oxygen atoms in total. The third kappa shape index (κ3) is 5.26. The molecule has 3 aromatic rings. The summed E-state index contributed by atoms with van der Waals surface area (Å²) in [6.45, 7) is 3.32. The van der Waals surface area contributed by atoms with Crippen molar-refractivity contribution in [2.75, 3.05) is 37.5 Å². The third-order valence-electron chi connectivity index (χ3n) is 5.34. The summed E-state index contributed by atoms with van der Waals surface area (Å²) in [4.78, 5) is 13.0. The van der Waals surface area contributed by atoms with Gasteiger partial charge in [-0.1, -0.05) is 18.2 Å². The lowest BCUT2D eigenvalue weighted by atomic mass is 10.1. The minimum absolute atomic E-state index is 0.0409. The highest BCUT2D eigenvalue weighted by Gasteiger charge is 2.28. The minimum Gasteiger partial charge on any atom is -0.497 e. The molecule has 0 saturated carbocycles. The fourth-order valence-electron chi connectivity index (χ4n) is 3.49. The van der Waals surface area contributed by atoms with Crippen molar-refractivity contribution in [3.8, 4) is 17.2 Å². The van der Waals surface area contributed by atoms with Crippen LogP contribution in [0.3, 0.4) is 0 Å². The monoisotopic (exact) mass is 484 g/mol. The first-order valence-electron chi connectivity index (χ1n) is 10.5. The van der Waals surface area contributed by atoms with Gasteiger partial charge in [-0.15, -0.1) is 0 Å². The van der Waals surface area contributed by atoms with Crippen LogP contribution in [0.1, 0.15) is 11.1 Å². The van der Waals surface area contributed by atoms with Gasteiger partial charge in [0.2, 0.25) is 5.91 Å². The number of carbonyl (C=O) groups is 1. The fourth-order valence-corrected chi connectivity index (χ4v) is 4.93. The van der Waals surface area contributed by atoms with Crippen molar-refractivity contribution in [2.24, 2.45) is 0 Å². The normalized spacial score (nSPS) is 11.0. The van der Waals surface area contributed by atoms with E-state index in [0.717, 1.165) is 15.4 Å². The number of hydrogen-bond acceptors (Lipinski definition) is 6. The molecule has 0 unspecified atom stereocenters. The number of carbonyl (C=O) groups excluding carboxylic acids is 1. The number of anilines is 2. The summed E-state index contributed by atoms with van der Waals surface area (Å²) in [5, 5.41) is 2.85. The van der Waals surface area contributed by atoms with Gasteiger partial charge < -0.3 is 19.5 Å². The summed E-state index contributed by atoms with van der Waals surface area (Å²) in [6.07, 6.45) is 0. The van der Waals surface area contributed by atoms with Gasteiger partial charge in [0.25, 0.3) is 10.0 Å². The molecule has 0 aliphatic heterocycles.